The first-order valence-corrected chi connectivity index (χ1v) is 7.25. The van der Waals surface area contributed by atoms with E-state index in [-0.39, 0.29) is 6.04 Å². The van der Waals surface area contributed by atoms with Gasteiger partial charge in [0.05, 0.1) is 5.01 Å². The summed E-state index contributed by atoms with van der Waals surface area (Å²) in [5.74, 6) is 0. The van der Waals surface area contributed by atoms with E-state index in [4.69, 9.17) is 11.6 Å². The molecular formula is C12H12BrClN2S. The Morgan fingerprint density at radius 3 is 2.88 bits per heavy atom. The lowest BCUT2D eigenvalue weighted by Crippen LogP contribution is -2.18. The fourth-order valence-corrected chi connectivity index (χ4v) is 3.24. The molecular weight excluding hydrogens is 320 g/mol. The van der Waals surface area contributed by atoms with Crippen LogP contribution in [0.2, 0.25) is 5.02 Å². The van der Waals surface area contributed by atoms with E-state index in [0.29, 0.717) is 0 Å². The van der Waals surface area contributed by atoms with Crippen molar-refractivity contribution >= 4 is 38.9 Å². The average molecular weight is 332 g/mol. The van der Waals surface area contributed by atoms with Gasteiger partial charge in [-0.05, 0) is 30.8 Å². The molecule has 1 unspecified atom stereocenters. The number of benzene rings is 1. The van der Waals surface area contributed by atoms with E-state index in [0.717, 1.165) is 20.9 Å². The first-order valence-electron chi connectivity index (χ1n) is 5.20. The Kier molecular flexibility index (Phi) is 4.56. The maximum atomic E-state index is 6.06. The van der Waals surface area contributed by atoms with Crippen LogP contribution in [0, 0.1) is 0 Å². The van der Waals surface area contributed by atoms with Gasteiger partial charge in [0.15, 0.2) is 0 Å². The number of hydrogen-bond donors (Lipinski definition) is 1. The number of thiazole rings is 1. The van der Waals surface area contributed by atoms with Gasteiger partial charge in [0.2, 0.25) is 0 Å². The fraction of sp³-hybridized carbons (Fsp3) is 0.250. The van der Waals surface area contributed by atoms with E-state index in [1.165, 1.54) is 5.56 Å². The van der Waals surface area contributed by atoms with Crippen molar-refractivity contribution in [2.75, 3.05) is 7.05 Å². The van der Waals surface area contributed by atoms with Crippen LogP contribution in [0.15, 0.2) is 34.2 Å². The molecule has 0 aliphatic heterocycles. The molecule has 0 aliphatic carbocycles. The predicted octanol–water partition coefficient (Wildman–Crippen LogP) is 4.06. The Morgan fingerprint density at radius 1 is 1.47 bits per heavy atom. The quantitative estimate of drug-likeness (QED) is 0.914. The third-order valence-electron chi connectivity index (χ3n) is 2.50. The zero-order valence-corrected chi connectivity index (χ0v) is 12.4. The minimum Gasteiger partial charge on any atom is -0.313 e. The molecule has 0 radical (unpaired) electrons. The zero-order valence-electron chi connectivity index (χ0n) is 9.28. The highest BCUT2D eigenvalue weighted by molar-refractivity contribution is 9.10. The summed E-state index contributed by atoms with van der Waals surface area (Å²) in [5.41, 5.74) is 1.17. The van der Waals surface area contributed by atoms with Crippen LogP contribution in [-0.2, 0) is 6.42 Å². The number of halogens is 2. The van der Waals surface area contributed by atoms with E-state index in [9.17, 15) is 0 Å². The summed E-state index contributed by atoms with van der Waals surface area (Å²) in [6, 6.07) is 6.19. The highest BCUT2D eigenvalue weighted by Crippen LogP contribution is 2.26. The Morgan fingerprint density at radius 2 is 2.29 bits per heavy atom. The van der Waals surface area contributed by atoms with Gasteiger partial charge in [-0.15, -0.1) is 11.3 Å². The van der Waals surface area contributed by atoms with Crippen molar-refractivity contribution in [1.82, 2.24) is 10.3 Å². The number of nitrogens with zero attached hydrogens (tertiary/aromatic N) is 1. The molecule has 1 aromatic carbocycles. The molecule has 0 amide bonds. The molecule has 0 bridgehead atoms. The summed E-state index contributed by atoms with van der Waals surface area (Å²) in [5, 5.41) is 7.16. The maximum Gasteiger partial charge on any atom is 0.0943 e. The second-order valence-corrected chi connectivity index (χ2v) is 6.01. The molecule has 90 valence electrons. The third-order valence-corrected chi connectivity index (χ3v) is 3.98. The van der Waals surface area contributed by atoms with Crippen LogP contribution in [0.25, 0.3) is 0 Å². The van der Waals surface area contributed by atoms with Gasteiger partial charge in [-0.3, -0.25) is 0 Å². The predicted molar refractivity (Wildman–Crippen MR) is 76.8 cm³/mol. The number of aromatic nitrogens is 1. The number of nitrogens with one attached hydrogen (secondary N) is 1. The van der Waals surface area contributed by atoms with Gasteiger partial charge in [-0.1, -0.05) is 27.5 Å². The Hall–Kier alpha value is -0.420. The standard InChI is InChI=1S/C12H12BrClN2S/c1-15-11(7-12-16-2-3-17-12)8-4-9(13)6-10(14)5-8/h2-6,11,15H,7H2,1H3. The highest BCUT2D eigenvalue weighted by atomic mass is 79.9. The summed E-state index contributed by atoms with van der Waals surface area (Å²) >= 11 is 11.2. The molecule has 2 rings (SSSR count). The van der Waals surface area contributed by atoms with Crippen LogP contribution in [0.3, 0.4) is 0 Å². The maximum absolute atomic E-state index is 6.06. The van der Waals surface area contributed by atoms with Crippen molar-refractivity contribution in [3.05, 3.63) is 49.8 Å². The van der Waals surface area contributed by atoms with E-state index < -0.39 is 0 Å². The van der Waals surface area contributed by atoms with Crippen LogP contribution in [0.1, 0.15) is 16.6 Å². The van der Waals surface area contributed by atoms with E-state index in [2.05, 4.69) is 32.3 Å². The first kappa shape index (κ1) is 13.0. The minimum absolute atomic E-state index is 0.233. The van der Waals surface area contributed by atoms with Crippen LogP contribution in [-0.4, -0.2) is 12.0 Å². The van der Waals surface area contributed by atoms with Gasteiger partial charge in [0.25, 0.3) is 0 Å². The SMILES string of the molecule is CNC(Cc1nccs1)c1cc(Cl)cc(Br)c1. The van der Waals surface area contributed by atoms with Gasteiger partial charge in [-0.2, -0.15) is 0 Å². The van der Waals surface area contributed by atoms with Crippen molar-refractivity contribution in [2.45, 2.75) is 12.5 Å². The highest BCUT2D eigenvalue weighted by Gasteiger charge is 2.12. The summed E-state index contributed by atoms with van der Waals surface area (Å²) < 4.78 is 0.999. The molecule has 0 fully saturated rings. The van der Waals surface area contributed by atoms with Gasteiger partial charge >= 0.3 is 0 Å². The van der Waals surface area contributed by atoms with Crippen LogP contribution >= 0.6 is 38.9 Å². The van der Waals surface area contributed by atoms with Crippen LogP contribution < -0.4 is 5.32 Å². The second-order valence-electron chi connectivity index (χ2n) is 3.67. The Bertz CT molecular complexity index is 467. The molecule has 5 heteroatoms. The fourth-order valence-electron chi connectivity index (χ4n) is 1.69. The van der Waals surface area contributed by atoms with E-state index >= 15 is 0 Å². The molecule has 17 heavy (non-hydrogen) atoms. The van der Waals surface area contributed by atoms with Gasteiger partial charge in [0, 0.05) is 33.5 Å². The number of likely N-dealkylation sites (N-methyl/N-ethyl adjacent to an activating group) is 1. The van der Waals surface area contributed by atoms with Crippen molar-refractivity contribution in [2.24, 2.45) is 0 Å². The zero-order chi connectivity index (χ0) is 12.3. The molecule has 0 saturated carbocycles. The molecule has 0 spiro atoms. The third kappa shape index (κ3) is 3.52. The Balaban J connectivity index is 2.22. The largest absolute Gasteiger partial charge is 0.313 e. The van der Waals surface area contributed by atoms with Gasteiger partial charge in [0.1, 0.15) is 0 Å². The smallest absolute Gasteiger partial charge is 0.0943 e. The normalized spacial score (nSPS) is 12.6. The first-order chi connectivity index (χ1) is 8.19. The molecule has 1 N–H and O–H groups in total. The van der Waals surface area contributed by atoms with Gasteiger partial charge in [-0.25, -0.2) is 4.98 Å². The summed E-state index contributed by atoms with van der Waals surface area (Å²) in [6.45, 7) is 0. The lowest BCUT2D eigenvalue weighted by Gasteiger charge is -2.16. The number of hydrogen-bond acceptors (Lipinski definition) is 3. The molecule has 0 aliphatic rings. The molecule has 2 aromatic rings. The topological polar surface area (TPSA) is 24.9 Å². The Labute approximate surface area is 118 Å². The lowest BCUT2D eigenvalue weighted by molar-refractivity contribution is 0.590. The molecule has 0 saturated heterocycles. The van der Waals surface area contributed by atoms with Crippen molar-refractivity contribution in [1.29, 1.82) is 0 Å². The van der Waals surface area contributed by atoms with Crippen LogP contribution in [0.5, 0.6) is 0 Å². The molecule has 2 nitrogen and oxygen atoms in total. The summed E-state index contributed by atoms with van der Waals surface area (Å²) in [7, 11) is 1.95. The monoisotopic (exact) mass is 330 g/mol. The molecule has 1 aromatic heterocycles. The summed E-state index contributed by atoms with van der Waals surface area (Å²) in [6.07, 6.45) is 2.71. The van der Waals surface area contributed by atoms with Gasteiger partial charge < -0.3 is 5.32 Å². The second kappa shape index (κ2) is 5.96. The summed E-state index contributed by atoms with van der Waals surface area (Å²) in [4.78, 5) is 4.31. The lowest BCUT2D eigenvalue weighted by atomic mass is 10.0. The van der Waals surface area contributed by atoms with Crippen molar-refractivity contribution in [3.8, 4) is 0 Å². The number of rotatable bonds is 4. The minimum atomic E-state index is 0.233. The van der Waals surface area contributed by atoms with Crippen LogP contribution in [0.4, 0.5) is 0 Å². The average Bonchev–Trinajstić information content (AvgIpc) is 2.77. The molecule has 1 heterocycles. The van der Waals surface area contributed by atoms with Crippen molar-refractivity contribution < 1.29 is 0 Å². The van der Waals surface area contributed by atoms with E-state index in [1.807, 2.05) is 30.8 Å². The van der Waals surface area contributed by atoms with Crippen molar-refractivity contribution in [3.63, 3.8) is 0 Å². The molecule has 1 atom stereocenters. The van der Waals surface area contributed by atoms with E-state index in [1.54, 1.807) is 11.3 Å².